The number of aromatic nitrogens is 2. The van der Waals surface area contributed by atoms with Gasteiger partial charge in [-0.15, -0.1) is 0 Å². The summed E-state index contributed by atoms with van der Waals surface area (Å²) >= 11 is 0. The first-order chi connectivity index (χ1) is 15.3. The molecular weight excluding hydrogens is 406 g/mol. The lowest BCUT2D eigenvalue weighted by molar-refractivity contribution is -0.113. The number of hydrogen-bond acceptors (Lipinski definition) is 4. The van der Waals surface area contributed by atoms with Crippen molar-refractivity contribution in [2.75, 3.05) is 12.4 Å². The van der Waals surface area contributed by atoms with E-state index >= 15 is 0 Å². The summed E-state index contributed by atoms with van der Waals surface area (Å²) in [6.07, 6.45) is 3.11. The Morgan fingerprint density at radius 2 is 1.81 bits per heavy atom. The molecule has 2 heterocycles. The maximum Gasteiger partial charge on any atom is 0.321 e. The average molecular weight is 429 g/mol. The van der Waals surface area contributed by atoms with Gasteiger partial charge in [0.2, 0.25) is 0 Å². The third-order valence-electron chi connectivity index (χ3n) is 5.43. The van der Waals surface area contributed by atoms with Crippen molar-refractivity contribution in [2.24, 2.45) is 7.05 Å². The van der Waals surface area contributed by atoms with E-state index in [1.807, 2.05) is 49.4 Å². The summed E-state index contributed by atoms with van der Waals surface area (Å²) in [6.45, 7) is 1.88. The lowest BCUT2D eigenvalue weighted by atomic mass is 9.97. The van der Waals surface area contributed by atoms with Crippen LogP contribution in [0.15, 0.2) is 77.4 Å². The Labute approximate surface area is 185 Å². The molecule has 0 saturated heterocycles. The number of amides is 3. The number of carbonyl (C=O) groups is 2. The first-order valence-electron chi connectivity index (χ1n) is 10.1. The van der Waals surface area contributed by atoms with Gasteiger partial charge in [0.05, 0.1) is 17.2 Å². The number of benzene rings is 2. The van der Waals surface area contributed by atoms with Crippen molar-refractivity contribution >= 4 is 17.6 Å². The number of hydrogen-bond donors (Lipinski definition) is 2. The Morgan fingerprint density at radius 3 is 2.56 bits per heavy atom. The van der Waals surface area contributed by atoms with E-state index in [4.69, 9.17) is 0 Å². The highest BCUT2D eigenvalue weighted by Gasteiger charge is 2.30. The molecule has 1 aromatic heterocycles. The molecule has 0 spiro atoms. The van der Waals surface area contributed by atoms with Crippen LogP contribution in [0.5, 0.6) is 0 Å². The zero-order valence-electron chi connectivity index (χ0n) is 18.0. The molecule has 0 aliphatic carbocycles. The fourth-order valence-electron chi connectivity index (χ4n) is 3.59. The molecule has 162 valence electrons. The molecule has 0 saturated carbocycles. The van der Waals surface area contributed by atoms with Gasteiger partial charge in [-0.25, -0.2) is 9.48 Å². The maximum atomic E-state index is 13.3. The van der Waals surface area contributed by atoms with Gasteiger partial charge in [0.1, 0.15) is 0 Å². The number of nitrogens with one attached hydrogen (secondary N) is 2. The summed E-state index contributed by atoms with van der Waals surface area (Å²) in [7, 11) is 3.18. The largest absolute Gasteiger partial charge is 0.327 e. The molecule has 0 unspecified atom stereocenters. The Hall–Kier alpha value is -4.20. The van der Waals surface area contributed by atoms with Crippen molar-refractivity contribution in [3.05, 3.63) is 94.0 Å². The molecule has 0 bridgehead atoms. The predicted molar refractivity (Wildman–Crippen MR) is 122 cm³/mol. The van der Waals surface area contributed by atoms with Gasteiger partial charge < -0.3 is 15.5 Å². The van der Waals surface area contributed by atoms with Gasteiger partial charge in [-0.2, -0.15) is 5.10 Å². The van der Waals surface area contributed by atoms with Crippen LogP contribution in [0.3, 0.4) is 0 Å². The highest BCUT2D eigenvalue weighted by atomic mass is 16.2. The van der Waals surface area contributed by atoms with E-state index < -0.39 is 6.04 Å². The minimum atomic E-state index is -0.573. The van der Waals surface area contributed by atoms with Crippen molar-refractivity contribution in [1.82, 2.24) is 20.0 Å². The highest BCUT2D eigenvalue weighted by molar-refractivity contribution is 6.06. The number of urea groups is 1. The van der Waals surface area contributed by atoms with Crippen LogP contribution in [0.2, 0.25) is 0 Å². The summed E-state index contributed by atoms with van der Waals surface area (Å²) in [5, 5.41) is 9.77. The van der Waals surface area contributed by atoms with Crippen LogP contribution in [0.1, 0.15) is 17.2 Å². The molecule has 8 heteroatoms. The van der Waals surface area contributed by atoms with E-state index in [1.165, 1.54) is 9.58 Å². The van der Waals surface area contributed by atoms with Gasteiger partial charge >= 0.3 is 6.03 Å². The summed E-state index contributed by atoms with van der Waals surface area (Å²) in [6, 6.07) is 15.6. The molecule has 3 aromatic rings. The minimum Gasteiger partial charge on any atom is -0.327 e. The van der Waals surface area contributed by atoms with E-state index in [0.29, 0.717) is 22.4 Å². The van der Waals surface area contributed by atoms with Crippen molar-refractivity contribution in [1.29, 1.82) is 0 Å². The monoisotopic (exact) mass is 429 g/mol. The SMILES string of the molecule is Cc1ccc(-c2ccnn(C)c2=O)cc1NC(=O)C1=CN(C)C(=O)N[C@H]1c1ccccc1. The second kappa shape index (κ2) is 8.50. The highest BCUT2D eigenvalue weighted by Crippen LogP contribution is 2.28. The van der Waals surface area contributed by atoms with Crippen LogP contribution < -0.4 is 16.2 Å². The molecule has 2 N–H and O–H groups in total. The van der Waals surface area contributed by atoms with Crippen molar-refractivity contribution in [2.45, 2.75) is 13.0 Å². The van der Waals surface area contributed by atoms with Gasteiger partial charge in [0, 0.05) is 32.2 Å². The molecule has 2 aromatic carbocycles. The van der Waals surface area contributed by atoms with Gasteiger partial charge in [-0.3, -0.25) is 9.59 Å². The topological polar surface area (TPSA) is 96.3 Å². The lowest BCUT2D eigenvalue weighted by Gasteiger charge is -2.30. The number of carbonyl (C=O) groups excluding carboxylic acids is 2. The fourth-order valence-corrected chi connectivity index (χ4v) is 3.59. The van der Waals surface area contributed by atoms with E-state index in [-0.39, 0.29) is 17.5 Å². The minimum absolute atomic E-state index is 0.225. The van der Waals surface area contributed by atoms with Crippen LogP contribution in [0.4, 0.5) is 10.5 Å². The normalized spacial score (nSPS) is 15.7. The van der Waals surface area contributed by atoms with Gasteiger partial charge in [-0.1, -0.05) is 42.5 Å². The molecule has 8 nitrogen and oxygen atoms in total. The first kappa shape index (κ1) is 21.0. The lowest BCUT2D eigenvalue weighted by Crippen LogP contribution is -2.44. The zero-order valence-corrected chi connectivity index (χ0v) is 18.0. The number of nitrogens with zero attached hydrogens (tertiary/aromatic N) is 3. The van der Waals surface area contributed by atoms with Crippen LogP contribution in [0.25, 0.3) is 11.1 Å². The molecule has 1 aliphatic rings. The molecule has 1 aliphatic heterocycles. The maximum absolute atomic E-state index is 13.3. The number of aryl methyl sites for hydroxylation is 2. The Balaban J connectivity index is 1.68. The van der Waals surface area contributed by atoms with Gasteiger partial charge in [-0.05, 0) is 35.7 Å². The smallest absolute Gasteiger partial charge is 0.321 e. The van der Waals surface area contributed by atoms with Crippen molar-refractivity contribution in [3.8, 4) is 11.1 Å². The van der Waals surface area contributed by atoms with E-state index in [2.05, 4.69) is 15.7 Å². The van der Waals surface area contributed by atoms with Gasteiger partial charge in [0.25, 0.3) is 11.5 Å². The molecule has 0 radical (unpaired) electrons. The molecule has 0 fully saturated rings. The van der Waals surface area contributed by atoms with E-state index in [0.717, 1.165) is 11.1 Å². The Morgan fingerprint density at radius 1 is 1.06 bits per heavy atom. The van der Waals surface area contributed by atoms with Crippen LogP contribution in [-0.2, 0) is 11.8 Å². The molecule has 32 heavy (non-hydrogen) atoms. The Kier molecular flexibility index (Phi) is 5.59. The second-order valence-corrected chi connectivity index (χ2v) is 7.65. The quantitative estimate of drug-likeness (QED) is 0.666. The number of anilines is 1. The predicted octanol–water partition coefficient (Wildman–Crippen LogP) is 2.97. The summed E-state index contributed by atoms with van der Waals surface area (Å²) in [4.78, 5) is 39.3. The summed E-state index contributed by atoms with van der Waals surface area (Å²) < 4.78 is 1.27. The van der Waals surface area contributed by atoms with Crippen molar-refractivity contribution in [3.63, 3.8) is 0 Å². The van der Waals surface area contributed by atoms with Crippen LogP contribution in [-0.4, -0.2) is 33.7 Å². The Bertz CT molecular complexity index is 1280. The summed E-state index contributed by atoms with van der Waals surface area (Å²) in [5.41, 5.74) is 3.58. The molecule has 4 rings (SSSR count). The summed E-state index contributed by atoms with van der Waals surface area (Å²) in [5.74, 6) is -0.339. The number of rotatable bonds is 4. The van der Waals surface area contributed by atoms with E-state index in [1.54, 1.807) is 38.6 Å². The standard InChI is InChI=1S/C24H23N5O3/c1-15-9-10-17(18-11-12-25-29(3)23(18)31)13-20(15)26-22(30)19-14-28(2)24(32)27-21(19)16-7-5-4-6-8-16/h4-14,21H,1-3H3,(H,26,30)(H,27,32)/t21-/m0/s1. The molecule has 3 amide bonds. The third kappa shape index (κ3) is 4.02. The average Bonchev–Trinajstić information content (AvgIpc) is 2.79. The van der Waals surface area contributed by atoms with Crippen LogP contribution in [0, 0.1) is 6.92 Å². The fraction of sp³-hybridized carbons (Fsp3) is 0.167. The molecule has 1 atom stereocenters. The third-order valence-corrected chi connectivity index (χ3v) is 5.43. The van der Waals surface area contributed by atoms with Crippen LogP contribution >= 0.6 is 0 Å². The second-order valence-electron chi connectivity index (χ2n) is 7.65. The van der Waals surface area contributed by atoms with Gasteiger partial charge in [0.15, 0.2) is 0 Å². The first-order valence-corrected chi connectivity index (χ1v) is 10.1. The zero-order chi connectivity index (χ0) is 22.8. The molecular formula is C24H23N5O3. The van der Waals surface area contributed by atoms with E-state index in [9.17, 15) is 14.4 Å². The van der Waals surface area contributed by atoms with Crippen molar-refractivity contribution < 1.29 is 9.59 Å².